The van der Waals surface area contributed by atoms with Gasteiger partial charge in [-0.3, -0.25) is 37.3 Å². The summed E-state index contributed by atoms with van der Waals surface area (Å²) in [6.45, 7) is 12.1. The van der Waals surface area contributed by atoms with E-state index in [9.17, 15) is 43.2 Å². The van der Waals surface area contributed by atoms with E-state index in [2.05, 4.69) is 48.5 Å². The molecule has 0 spiro atoms. The normalized spacial score (nSPS) is 14.1. The van der Waals surface area contributed by atoms with Gasteiger partial charge in [0.25, 0.3) is 0 Å². The molecule has 6 atom stereocenters. The Labute approximate surface area is 645 Å². The SMILES string of the molecule is CCCCCCCCCCCC(=O)OC[C@H](COP(=O)(O)OC[C@H](O)COP(=O)(O)OC[C@@H](COC(=O)CCCCCCCCCCCCCCCCCCC(C)C)OC(=O)CCCCCCCCCCCCCCCCCCC(C)C)OC(=O)CCCCCCCCCCCCCCCCC(C)CC. The van der Waals surface area contributed by atoms with Crippen molar-refractivity contribution in [2.45, 2.75) is 471 Å². The molecule has 0 aliphatic rings. The maximum atomic E-state index is 13.1. The van der Waals surface area contributed by atoms with Crippen molar-refractivity contribution in [3.05, 3.63) is 0 Å². The first-order chi connectivity index (χ1) is 50.8. The van der Waals surface area contributed by atoms with Crippen LogP contribution in [0.4, 0.5) is 0 Å². The summed E-state index contributed by atoms with van der Waals surface area (Å²) in [5.74, 6) is 0.363. The van der Waals surface area contributed by atoms with Crippen molar-refractivity contribution in [2.75, 3.05) is 39.6 Å². The molecule has 0 aliphatic carbocycles. The molecule has 17 nitrogen and oxygen atoms in total. The maximum absolute atomic E-state index is 13.1. The van der Waals surface area contributed by atoms with Gasteiger partial charge in [0.1, 0.15) is 19.3 Å². The number of hydrogen-bond acceptors (Lipinski definition) is 15. The summed E-state index contributed by atoms with van der Waals surface area (Å²) in [5.41, 5.74) is 0. The fourth-order valence-electron chi connectivity index (χ4n) is 13.3. The summed E-state index contributed by atoms with van der Waals surface area (Å²) in [5, 5.41) is 10.7. The summed E-state index contributed by atoms with van der Waals surface area (Å²) in [6.07, 6.45) is 66.6. The summed E-state index contributed by atoms with van der Waals surface area (Å²) < 4.78 is 68.9. The van der Waals surface area contributed by atoms with Crippen LogP contribution in [0.5, 0.6) is 0 Å². The van der Waals surface area contributed by atoms with Crippen LogP contribution in [-0.4, -0.2) is 96.7 Å². The molecule has 3 N–H and O–H groups in total. The number of phosphoric acid groups is 2. The standard InChI is InChI=1S/C86H168O17P2/c1-8-10-11-12-13-36-46-53-60-67-83(88)96-73-81(102-85(90)70-63-56-49-42-35-29-23-22-26-32-39-45-52-59-66-79(7)9-2)75-100-104(92,93)98-71-80(87)72-99-105(94,95)101-76-82(103-86(91)69-62-55-48-41-34-28-21-17-15-19-25-31-38-44-51-58-65-78(5)6)74-97-84(89)68-61-54-47-40-33-27-20-16-14-18-24-30-37-43-50-57-64-77(3)4/h77-82,87H,8-76H2,1-7H3,(H,92,93)(H,94,95)/t79?,80-,81+,82+/m0/s1. The van der Waals surface area contributed by atoms with Crippen molar-refractivity contribution < 1.29 is 80.2 Å². The predicted molar refractivity (Wildman–Crippen MR) is 432 cm³/mol. The van der Waals surface area contributed by atoms with E-state index in [1.54, 1.807) is 0 Å². The van der Waals surface area contributed by atoms with E-state index in [1.807, 2.05) is 0 Å². The van der Waals surface area contributed by atoms with E-state index in [4.69, 9.17) is 37.0 Å². The van der Waals surface area contributed by atoms with E-state index in [-0.39, 0.29) is 25.7 Å². The Kier molecular flexibility index (Phi) is 74.7. The van der Waals surface area contributed by atoms with Crippen molar-refractivity contribution in [2.24, 2.45) is 17.8 Å². The van der Waals surface area contributed by atoms with Gasteiger partial charge >= 0.3 is 39.5 Å². The fraction of sp³-hybridized carbons (Fsp3) is 0.953. The minimum Gasteiger partial charge on any atom is -0.462 e. The van der Waals surface area contributed by atoms with Crippen LogP contribution in [0.3, 0.4) is 0 Å². The Bertz CT molecular complexity index is 2030. The largest absolute Gasteiger partial charge is 0.472 e. The first-order valence-electron chi connectivity index (χ1n) is 44.4. The third kappa shape index (κ3) is 78.5. The van der Waals surface area contributed by atoms with Gasteiger partial charge in [-0.05, 0) is 43.4 Å². The van der Waals surface area contributed by atoms with E-state index >= 15 is 0 Å². The third-order valence-electron chi connectivity index (χ3n) is 20.5. The van der Waals surface area contributed by atoms with Crippen LogP contribution in [-0.2, 0) is 65.4 Å². The second kappa shape index (κ2) is 76.1. The Morgan fingerprint density at radius 1 is 0.276 bits per heavy atom. The molecular formula is C86H168O17P2. The van der Waals surface area contributed by atoms with Gasteiger partial charge in [-0.15, -0.1) is 0 Å². The van der Waals surface area contributed by atoms with Crippen molar-refractivity contribution in [3.63, 3.8) is 0 Å². The van der Waals surface area contributed by atoms with Crippen LogP contribution in [0.2, 0.25) is 0 Å². The molecule has 105 heavy (non-hydrogen) atoms. The molecule has 0 fully saturated rings. The van der Waals surface area contributed by atoms with Crippen LogP contribution in [0, 0.1) is 17.8 Å². The molecule has 0 aromatic carbocycles. The maximum Gasteiger partial charge on any atom is 0.472 e. The molecule has 0 aliphatic heterocycles. The monoisotopic (exact) mass is 1540 g/mol. The van der Waals surface area contributed by atoms with Crippen LogP contribution in [0.15, 0.2) is 0 Å². The van der Waals surface area contributed by atoms with Gasteiger partial charge in [0, 0.05) is 25.7 Å². The zero-order valence-electron chi connectivity index (χ0n) is 69.2. The van der Waals surface area contributed by atoms with Gasteiger partial charge in [0.05, 0.1) is 26.4 Å². The quantitative estimate of drug-likeness (QED) is 0.0222. The molecule has 0 aromatic rings. The van der Waals surface area contributed by atoms with Crippen molar-refractivity contribution in [3.8, 4) is 0 Å². The van der Waals surface area contributed by atoms with Crippen molar-refractivity contribution in [1.82, 2.24) is 0 Å². The van der Waals surface area contributed by atoms with Crippen molar-refractivity contribution in [1.29, 1.82) is 0 Å². The molecule has 0 amide bonds. The van der Waals surface area contributed by atoms with Crippen LogP contribution >= 0.6 is 15.6 Å². The number of ether oxygens (including phenoxy) is 4. The molecule has 0 heterocycles. The lowest BCUT2D eigenvalue weighted by Crippen LogP contribution is -2.30. The first kappa shape index (κ1) is 103. The molecule has 3 unspecified atom stereocenters. The minimum absolute atomic E-state index is 0.108. The molecule has 0 radical (unpaired) electrons. The van der Waals surface area contributed by atoms with Gasteiger partial charge in [-0.2, -0.15) is 0 Å². The van der Waals surface area contributed by atoms with Crippen LogP contribution in [0.25, 0.3) is 0 Å². The minimum atomic E-state index is -4.97. The molecule has 0 aromatic heterocycles. The molecular weight excluding hydrogens is 1370 g/mol. The number of hydrogen-bond donors (Lipinski definition) is 3. The topological polar surface area (TPSA) is 237 Å². The number of carbonyl (C=O) groups excluding carboxylic acids is 4. The summed E-state index contributed by atoms with van der Waals surface area (Å²) >= 11 is 0. The zero-order chi connectivity index (χ0) is 77.2. The summed E-state index contributed by atoms with van der Waals surface area (Å²) in [6, 6.07) is 0. The molecule has 0 saturated heterocycles. The van der Waals surface area contributed by atoms with E-state index < -0.39 is 97.5 Å². The van der Waals surface area contributed by atoms with Crippen LogP contribution < -0.4 is 0 Å². The van der Waals surface area contributed by atoms with Gasteiger partial charge in [-0.1, -0.05) is 402 Å². The molecule has 19 heteroatoms. The molecule has 0 bridgehead atoms. The zero-order valence-corrected chi connectivity index (χ0v) is 71.0. The lowest BCUT2D eigenvalue weighted by molar-refractivity contribution is -0.161. The number of rotatable bonds is 84. The third-order valence-corrected chi connectivity index (χ3v) is 22.4. The Morgan fingerprint density at radius 2 is 0.486 bits per heavy atom. The second-order valence-electron chi connectivity index (χ2n) is 32.1. The number of esters is 4. The van der Waals surface area contributed by atoms with Crippen molar-refractivity contribution >= 4 is 39.5 Å². The Hall–Kier alpha value is -1.94. The van der Waals surface area contributed by atoms with Crippen LogP contribution in [0.1, 0.15) is 453 Å². The number of phosphoric ester groups is 2. The lowest BCUT2D eigenvalue weighted by Gasteiger charge is -2.21. The van der Waals surface area contributed by atoms with Gasteiger partial charge in [0.15, 0.2) is 12.2 Å². The van der Waals surface area contributed by atoms with E-state index in [0.29, 0.717) is 25.7 Å². The highest BCUT2D eigenvalue weighted by molar-refractivity contribution is 7.47. The van der Waals surface area contributed by atoms with Gasteiger partial charge in [0.2, 0.25) is 0 Å². The fourth-order valence-corrected chi connectivity index (χ4v) is 14.9. The van der Waals surface area contributed by atoms with Gasteiger partial charge in [-0.25, -0.2) is 9.13 Å². The van der Waals surface area contributed by atoms with E-state index in [0.717, 1.165) is 108 Å². The number of unbranched alkanes of at least 4 members (excludes halogenated alkanes) is 51. The molecule has 624 valence electrons. The van der Waals surface area contributed by atoms with Gasteiger partial charge < -0.3 is 33.8 Å². The number of carbonyl (C=O) groups is 4. The lowest BCUT2D eigenvalue weighted by atomic mass is 9.99. The predicted octanol–water partition coefficient (Wildman–Crippen LogP) is 26.1. The highest BCUT2D eigenvalue weighted by Crippen LogP contribution is 2.45. The smallest absolute Gasteiger partial charge is 0.462 e. The summed E-state index contributed by atoms with van der Waals surface area (Å²) in [4.78, 5) is 73.2. The Balaban J connectivity index is 5.22. The molecule has 0 saturated carbocycles. The average molecular weight is 1540 g/mol. The average Bonchev–Trinajstić information content (AvgIpc) is 0.915. The molecule has 0 rings (SSSR count). The second-order valence-corrected chi connectivity index (χ2v) is 35.0. The number of aliphatic hydroxyl groups is 1. The first-order valence-corrected chi connectivity index (χ1v) is 47.4. The number of aliphatic hydroxyl groups excluding tert-OH is 1. The highest BCUT2D eigenvalue weighted by atomic mass is 31.2. The highest BCUT2D eigenvalue weighted by Gasteiger charge is 2.30. The van der Waals surface area contributed by atoms with E-state index in [1.165, 1.54) is 263 Å². The summed E-state index contributed by atoms with van der Waals surface area (Å²) in [7, 11) is -9.93. The Morgan fingerprint density at radius 3 is 0.724 bits per heavy atom.